The summed E-state index contributed by atoms with van der Waals surface area (Å²) in [5.74, 6) is -2.26. The second kappa shape index (κ2) is 11.5. The number of thioether (sulfide) groups is 1. The lowest BCUT2D eigenvalue weighted by molar-refractivity contribution is -0.213. The minimum Gasteiger partial charge on any atom is -0.456 e. The van der Waals surface area contributed by atoms with Gasteiger partial charge in [-0.15, -0.1) is 11.8 Å². The summed E-state index contributed by atoms with van der Waals surface area (Å²) < 4.78 is 24.4. The van der Waals surface area contributed by atoms with Crippen molar-refractivity contribution in [1.29, 1.82) is 0 Å². The monoisotopic (exact) mass is 565 g/mol. The van der Waals surface area contributed by atoms with Crippen LogP contribution in [0.25, 0.3) is 0 Å². The standard InChI is InChI=1S/C27H39NO8SSi/c1-15(2)37-26-21(28-24(31)18-12-10-11-13-19(18)25(28)32)23(35-17(4)30)22(34-16(3)29)20(36-26)14-33-38(8,9)27(5,6)7/h10-13,15,20-23,26H,14H2,1-9H3/t20-,21-,22-,23-,26+/m1/s1. The lowest BCUT2D eigenvalue weighted by Gasteiger charge is -2.48. The van der Waals surface area contributed by atoms with E-state index in [1.165, 1.54) is 25.6 Å². The third kappa shape index (κ3) is 6.32. The zero-order valence-electron chi connectivity index (χ0n) is 23.6. The number of rotatable bonds is 8. The molecule has 0 aliphatic carbocycles. The SMILES string of the molecule is CC(=O)O[C@H]1[C@H](OC(C)=O)[C@@H](CO[Si](C)(C)C(C)(C)C)O[C@@H](SC(C)C)[C@@H]1N1C(=O)c2ccccc2C1=O. The average molecular weight is 566 g/mol. The molecule has 2 aliphatic heterocycles. The first-order valence-electron chi connectivity index (χ1n) is 12.8. The quantitative estimate of drug-likeness (QED) is 0.257. The second-order valence-corrected chi connectivity index (χ2v) is 18.0. The van der Waals surface area contributed by atoms with Gasteiger partial charge >= 0.3 is 11.9 Å². The van der Waals surface area contributed by atoms with E-state index in [0.717, 1.165) is 4.90 Å². The summed E-state index contributed by atoms with van der Waals surface area (Å²) in [5, 5.41) is -0.0363. The molecule has 3 rings (SSSR count). The maximum Gasteiger partial charge on any atom is 0.303 e. The van der Waals surface area contributed by atoms with E-state index in [0.29, 0.717) is 0 Å². The number of esters is 2. The van der Waals surface area contributed by atoms with Gasteiger partial charge in [-0.2, -0.15) is 0 Å². The molecule has 0 spiro atoms. The lowest BCUT2D eigenvalue weighted by Crippen LogP contribution is -2.66. The molecule has 0 unspecified atom stereocenters. The van der Waals surface area contributed by atoms with Crippen molar-refractivity contribution in [2.75, 3.05) is 6.61 Å². The van der Waals surface area contributed by atoms with Crippen molar-refractivity contribution in [3.63, 3.8) is 0 Å². The van der Waals surface area contributed by atoms with Gasteiger partial charge in [0.1, 0.15) is 17.6 Å². The summed E-state index contributed by atoms with van der Waals surface area (Å²) in [4.78, 5) is 52.7. The van der Waals surface area contributed by atoms with Crippen LogP contribution in [0.4, 0.5) is 0 Å². The lowest BCUT2D eigenvalue weighted by atomic mass is 9.96. The summed E-state index contributed by atoms with van der Waals surface area (Å²) >= 11 is 1.40. The molecule has 210 valence electrons. The fourth-order valence-electron chi connectivity index (χ4n) is 4.32. The number of ether oxygens (including phenoxy) is 3. The van der Waals surface area contributed by atoms with Gasteiger partial charge in [0.25, 0.3) is 11.8 Å². The van der Waals surface area contributed by atoms with Crippen LogP contribution in [0.15, 0.2) is 24.3 Å². The summed E-state index contributed by atoms with van der Waals surface area (Å²) in [6, 6.07) is 5.51. The van der Waals surface area contributed by atoms with Crippen LogP contribution in [0, 0.1) is 0 Å². The third-order valence-corrected chi connectivity index (χ3v) is 12.9. The number of amides is 2. The Morgan fingerprint density at radius 3 is 1.95 bits per heavy atom. The Labute approximate surface area is 230 Å². The second-order valence-electron chi connectivity index (χ2n) is 11.5. The summed E-state index contributed by atoms with van der Waals surface area (Å²) in [6.07, 6.45) is -3.05. The molecule has 11 heteroatoms. The predicted molar refractivity (Wildman–Crippen MR) is 146 cm³/mol. The normalized spacial score (nSPS) is 25.9. The molecule has 2 heterocycles. The summed E-state index contributed by atoms with van der Waals surface area (Å²) in [6.45, 7) is 17.1. The van der Waals surface area contributed by atoms with Gasteiger partial charge in [0.05, 0.1) is 17.7 Å². The Kier molecular flexibility index (Phi) is 9.17. The highest BCUT2D eigenvalue weighted by Gasteiger charge is 2.57. The molecule has 2 aliphatic rings. The van der Waals surface area contributed by atoms with E-state index in [-0.39, 0.29) is 28.0 Å². The number of benzene rings is 1. The Morgan fingerprint density at radius 1 is 1.00 bits per heavy atom. The van der Waals surface area contributed by atoms with Gasteiger partial charge in [-0.05, 0) is 30.3 Å². The third-order valence-electron chi connectivity index (χ3n) is 7.16. The van der Waals surface area contributed by atoms with Gasteiger partial charge < -0.3 is 18.6 Å². The number of nitrogens with zero attached hydrogens (tertiary/aromatic N) is 1. The van der Waals surface area contributed by atoms with Gasteiger partial charge in [-0.3, -0.25) is 24.1 Å². The first-order chi connectivity index (χ1) is 17.5. The van der Waals surface area contributed by atoms with Crippen LogP contribution in [0.2, 0.25) is 18.1 Å². The van der Waals surface area contributed by atoms with Gasteiger partial charge in [-0.1, -0.05) is 46.8 Å². The van der Waals surface area contributed by atoms with E-state index in [2.05, 4.69) is 33.9 Å². The average Bonchev–Trinajstić information content (AvgIpc) is 3.03. The van der Waals surface area contributed by atoms with E-state index in [1.54, 1.807) is 24.3 Å². The first-order valence-corrected chi connectivity index (χ1v) is 16.7. The number of carbonyl (C=O) groups excluding carboxylic acids is 4. The molecule has 1 aromatic rings. The maximum absolute atomic E-state index is 13.5. The summed E-state index contributed by atoms with van der Waals surface area (Å²) in [5.41, 5.74) is -0.235. The number of hydrogen-bond donors (Lipinski definition) is 0. The van der Waals surface area contributed by atoms with E-state index in [9.17, 15) is 19.2 Å². The molecule has 1 fully saturated rings. The maximum atomic E-state index is 13.5. The highest BCUT2D eigenvalue weighted by atomic mass is 32.2. The number of imide groups is 1. The van der Waals surface area contributed by atoms with Crippen molar-refractivity contribution in [3.8, 4) is 0 Å². The van der Waals surface area contributed by atoms with Crippen LogP contribution in [0.1, 0.15) is 69.2 Å². The molecule has 9 nitrogen and oxygen atoms in total. The Balaban J connectivity index is 2.08. The highest BCUT2D eigenvalue weighted by molar-refractivity contribution is 8.00. The number of hydrogen-bond acceptors (Lipinski definition) is 9. The van der Waals surface area contributed by atoms with E-state index < -0.39 is 61.9 Å². The highest BCUT2D eigenvalue weighted by Crippen LogP contribution is 2.41. The van der Waals surface area contributed by atoms with E-state index in [4.69, 9.17) is 18.6 Å². The van der Waals surface area contributed by atoms with Crippen LogP contribution >= 0.6 is 11.8 Å². The Morgan fingerprint density at radius 2 is 1.50 bits per heavy atom. The predicted octanol–water partition coefficient (Wildman–Crippen LogP) is 4.40. The molecule has 1 saturated heterocycles. The van der Waals surface area contributed by atoms with E-state index in [1.807, 2.05) is 13.8 Å². The van der Waals surface area contributed by atoms with Crippen molar-refractivity contribution in [2.45, 2.75) is 102 Å². The zero-order chi connectivity index (χ0) is 28.6. The minimum absolute atomic E-state index is 0.0443. The molecule has 0 saturated carbocycles. The molecule has 0 bridgehead atoms. The van der Waals surface area contributed by atoms with Gasteiger partial charge in [-0.25, -0.2) is 0 Å². The van der Waals surface area contributed by atoms with Crippen LogP contribution in [-0.4, -0.2) is 78.6 Å². The smallest absolute Gasteiger partial charge is 0.303 e. The van der Waals surface area contributed by atoms with Crippen LogP contribution in [0.3, 0.4) is 0 Å². The van der Waals surface area contributed by atoms with Crippen molar-refractivity contribution in [3.05, 3.63) is 35.4 Å². The molecule has 38 heavy (non-hydrogen) atoms. The molecule has 2 amide bonds. The van der Waals surface area contributed by atoms with Crippen LogP contribution < -0.4 is 0 Å². The molecular formula is C27H39NO8SSi. The van der Waals surface area contributed by atoms with Crippen LogP contribution in [-0.2, 0) is 28.2 Å². The Hall–Kier alpha value is -2.21. The van der Waals surface area contributed by atoms with Crippen molar-refractivity contribution >= 4 is 43.8 Å². The van der Waals surface area contributed by atoms with Crippen molar-refractivity contribution in [2.24, 2.45) is 0 Å². The number of carbonyl (C=O) groups is 4. The summed E-state index contributed by atoms with van der Waals surface area (Å²) in [7, 11) is -2.23. The fraction of sp³-hybridized carbons (Fsp3) is 0.630. The van der Waals surface area contributed by atoms with E-state index >= 15 is 0 Å². The largest absolute Gasteiger partial charge is 0.456 e. The fourth-order valence-corrected chi connectivity index (χ4v) is 6.52. The Bertz CT molecular complexity index is 1050. The van der Waals surface area contributed by atoms with Crippen LogP contribution in [0.5, 0.6) is 0 Å². The topological polar surface area (TPSA) is 108 Å². The molecule has 0 radical (unpaired) electrons. The molecule has 0 aromatic heterocycles. The zero-order valence-corrected chi connectivity index (χ0v) is 25.4. The molecular weight excluding hydrogens is 526 g/mol. The minimum atomic E-state index is -2.23. The number of fused-ring (bicyclic) bond motifs is 1. The van der Waals surface area contributed by atoms with Crippen molar-refractivity contribution in [1.82, 2.24) is 4.90 Å². The molecule has 1 aromatic carbocycles. The van der Waals surface area contributed by atoms with Crippen molar-refractivity contribution < 1.29 is 37.8 Å². The first kappa shape index (κ1) is 30.3. The molecule has 0 N–H and O–H groups in total. The van der Waals surface area contributed by atoms with Gasteiger partial charge in [0.15, 0.2) is 20.5 Å². The molecule has 5 atom stereocenters. The van der Waals surface area contributed by atoms with Gasteiger partial charge in [0.2, 0.25) is 0 Å². The van der Waals surface area contributed by atoms with Gasteiger partial charge in [0, 0.05) is 19.1 Å².